The smallest absolute Gasteiger partial charge is 0.171 e. The van der Waals surface area contributed by atoms with Crippen LogP contribution in [0.5, 0.6) is 5.75 Å². The van der Waals surface area contributed by atoms with Gasteiger partial charge in [-0.25, -0.2) is 4.39 Å². The second-order valence-electron chi connectivity index (χ2n) is 4.16. The van der Waals surface area contributed by atoms with Gasteiger partial charge in [0.15, 0.2) is 5.78 Å². The van der Waals surface area contributed by atoms with Crippen LogP contribution in [-0.2, 0) is 6.42 Å². The summed E-state index contributed by atoms with van der Waals surface area (Å²) in [6.07, 6.45) is -0.00537. The Labute approximate surface area is 126 Å². The molecule has 0 aromatic heterocycles. The molecular weight excluding hydrogens is 302 g/mol. The minimum Gasteiger partial charge on any atom is -0.496 e. The van der Waals surface area contributed by atoms with Crippen molar-refractivity contribution >= 4 is 29.0 Å². The molecule has 0 atom stereocenters. The Hall–Kier alpha value is -1.58. The van der Waals surface area contributed by atoms with Crippen LogP contribution in [0.15, 0.2) is 36.4 Å². The molecule has 2 nitrogen and oxygen atoms in total. The average Bonchev–Trinajstić information content (AvgIpc) is 2.43. The first-order valence-corrected chi connectivity index (χ1v) is 6.58. The molecule has 0 N–H and O–H groups in total. The Morgan fingerprint density at radius 2 is 2.00 bits per heavy atom. The molecule has 0 aliphatic rings. The third kappa shape index (κ3) is 3.11. The van der Waals surface area contributed by atoms with Crippen molar-refractivity contribution in [3.8, 4) is 5.75 Å². The van der Waals surface area contributed by atoms with Crippen molar-refractivity contribution in [2.45, 2.75) is 6.42 Å². The summed E-state index contributed by atoms with van der Waals surface area (Å²) in [5.41, 5.74) is 0.825. The standard InChI is InChI=1S/C15H11Cl2FO2/c1-20-14-8-10(16)5-6-11(14)13(19)7-9-3-2-4-12(18)15(9)17/h2-6,8H,7H2,1H3. The third-order valence-corrected chi connectivity index (χ3v) is 3.50. The fourth-order valence-corrected chi connectivity index (χ4v) is 2.20. The normalized spacial score (nSPS) is 10.4. The maximum absolute atomic E-state index is 13.3. The van der Waals surface area contributed by atoms with E-state index in [1.165, 1.54) is 19.2 Å². The van der Waals surface area contributed by atoms with Crippen LogP contribution >= 0.6 is 23.2 Å². The number of carbonyl (C=O) groups is 1. The Bertz CT molecular complexity index is 656. The zero-order chi connectivity index (χ0) is 14.7. The number of methoxy groups -OCH3 is 1. The van der Waals surface area contributed by atoms with Gasteiger partial charge in [0.25, 0.3) is 0 Å². The quantitative estimate of drug-likeness (QED) is 0.773. The van der Waals surface area contributed by atoms with E-state index in [9.17, 15) is 9.18 Å². The van der Waals surface area contributed by atoms with Crippen LogP contribution < -0.4 is 4.74 Å². The molecule has 0 aliphatic heterocycles. The van der Waals surface area contributed by atoms with Gasteiger partial charge in [-0.15, -0.1) is 0 Å². The van der Waals surface area contributed by atoms with Crippen molar-refractivity contribution in [3.63, 3.8) is 0 Å². The lowest BCUT2D eigenvalue weighted by Gasteiger charge is -2.09. The number of benzene rings is 2. The monoisotopic (exact) mass is 312 g/mol. The van der Waals surface area contributed by atoms with Crippen LogP contribution in [-0.4, -0.2) is 12.9 Å². The molecular formula is C15H11Cl2FO2. The molecule has 2 aromatic carbocycles. The molecule has 0 aliphatic carbocycles. The van der Waals surface area contributed by atoms with E-state index in [1.54, 1.807) is 24.3 Å². The van der Waals surface area contributed by atoms with Gasteiger partial charge in [0.2, 0.25) is 0 Å². The lowest BCUT2D eigenvalue weighted by atomic mass is 10.0. The first kappa shape index (κ1) is 14.8. The van der Waals surface area contributed by atoms with Gasteiger partial charge in [0.05, 0.1) is 17.7 Å². The van der Waals surface area contributed by atoms with Crippen molar-refractivity contribution in [3.05, 3.63) is 63.4 Å². The summed E-state index contributed by atoms with van der Waals surface area (Å²) >= 11 is 11.7. The molecule has 104 valence electrons. The van der Waals surface area contributed by atoms with E-state index in [0.29, 0.717) is 21.9 Å². The number of rotatable bonds is 4. The van der Waals surface area contributed by atoms with Gasteiger partial charge >= 0.3 is 0 Å². The number of hydrogen-bond donors (Lipinski definition) is 0. The highest BCUT2D eigenvalue weighted by Gasteiger charge is 2.16. The van der Waals surface area contributed by atoms with Crippen molar-refractivity contribution < 1.29 is 13.9 Å². The summed E-state index contributed by atoms with van der Waals surface area (Å²) in [6, 6.07) is 9.12. The first-order valence-electron chi connectivity index (χ1n) is 5.82. The fourth-order valence-electron chi connectivity index (χ4n) is 1.85. The minimum atomic E-state index is -0.542. The Balaban J connectivity index is 2.31. The van der Waals surface area contributed by atoms with Crippen LogP contribution in [0.4, 0.5) is 4.39 Å². The summed E-state index contributed by atoms with van der Waals surface area (Å²) in [5, 5.41) is 0.441. The highest BCUT2D eigenvalue weighted by Crippen LogP contribution is 2.26. The molecule has 0 saturated carbocycles. The number of ketones is 1. The predicted molar refractivity (Wildman–Crippen MR) is 77.4 cm³/mol. The van der Waals surface area contributed by atoms with E-state index in [1.807, 2.05) is 0 Å². The van der Waals surface area contributed by atoms with Gasteiger partial charge in [0.1, 0.15) is 11.6 Å². The maximum Gasteiger partial charge on any atom is 0.171 e. The number of ether oxygens (including phenoxy) is 1. The van der Waals surface area contributed by atoms with E-state index >= 15 is 0 Å². The van der Waals surface area contributed by atoms with Gasteiger partial charge in [-0.2, -0.15) is 0 Å². The summed E-state index contributed by atoms with van der Waals surface area (Å²) < 4.78 is 18.5. The maximum atomic E-state index is 13.3. The van der Waals surface area contributed by atoms with Crippen molar-refractivity contribution in [2.24, 2.45) is 0 Å². The second-order valence-corrected chi connectivity index (χ2v) is 4.97. The highest BCUT2D eigenvalue weighted by molar-refractivity contribution is 6.32. The highest BCUT2D eigenvalue weighted by atomic mass is 35.5. The van der Waals surface area contributed by atoms with Crippen LogP contribution in [0, 0.1) is 5.82 Å². The molecule has 2 rings (SSSR count). The number of Topliss-reactive ketones (excluding diaryl/α,β-unsaturated/α-hetero) is 1. The Morgan fingerprint density at radius 3 is 2.70 bits per heavy atom. The van der Waals surface area contributed by atoms with Crippen molar-refractivity contribution in [2.75, 3.05) is 7.11 Å². The molecule has 5 heteroatoms. The summed E-state index contributed by atoms with van der Waals surface area (Å²) in [4.78, 5) is 12.3. The lowest BCUT2D eigenvalue weighted by Crippen LogP contribution is -2.06. The van der Waals surface area contributed by atoms with Crippen LogP contribution in [0.3, 0.4) is 0 Å². The second kappa shape index (κ2) is 6.25. The molecule has 0 fully saturated rings. The molecule has 0 unspecified atom stereocenters. The van der Waals surface area contributed by atoms with Crippen molar-refractivity contribution in [1.82, 2.24) is 0 Å². The van der Waals surface area contributed by atoms with E-state index in [0.717, 1.165) is 0 Å². The number of halogens is 3. The largest absolute Gasteiger partial charge is 0.496 e. The van der Waals surface area contributed by atoms with E-state index < -0.39 is 5.82 Å². The fraction of sp³-hybridized carbons (Fsp3) is 0.133. The molecule has 0 radical (unpaired) electrons. The average molecular weight is 313 g/mol. The van der Waals surface area contributed by atoms with Crippen LogP contribution in [0.1, 0.15) is 15.9 Å². The van der Waals surface area contributed by atoms with Crippen LogP contribution in [0.25, 0.3) is 0 Å². The first-order chi connectivity index (χ1) is 9.52. The zero-order valence-electron chi connectivity index (χ0n) is 10.6. The summed E-state index contributed by atoms with van der Waals surface area (Å²) in [6.45, 7) is 0. The topological polar surface area (TPSA) is 26.3 Å². The predicted octanol–water partition coefficient (Wildman–Crippen LogP) is 4.57. The van der Waals surface area contributed by atoms with E-state index in [2.05, 4.69) is 0 Å². The Morgan fingerprint density at radius 1 is 1.25 bits per heavy atom. The number of hydrogen-bond acceptors (Lipinski definition) is 2. The van der Waals surface area contributed by atoms with Crippen molar-refractivity contribution in [1.29, 1.82) is 0 Å². The molecule has 0 bridgehead atoms. The van der Waals surface area contributed by atoms with Crippen LogP contribution in [0.2, 0.25) is 10.0 Å². The van der Waals surface area contributed by atoms with E-state index in [4.69, 9.17) is 27.9 Å². The van der Waals surface area contributed by atoms with Gasteiger partial charge in [-0.1, -0.05) is 35.3 Å². The molecule has 0 saturated heterocycles. The lowest BCUT2D eigenvalue weighted by molar-refractivity contribution is 0.0990. The molecule has 0 spiro atoms. The third-order valence-electron chi connectivity index (χ3n) is 2.85. The minimum absolute atomic E-state index is 0.00537. The van der Waals surface area contributed by atoms with Gasteiger partial charge in [0, 0.05) is 11.4 Å². The number of carbonyl (C=O) groups excluding carboxylic acids is 1. The SMILES string of the molecule is COc1cc(Cl)ccc1C(=O)Cc1cccc(F)c1Cl. The van der Waals surface area contributed by atoms with Gasteiger partial charge < -0.3 is 4.74 Å². The van der Waals surface area contributed by atoms with E-state index in [-0.39, 0.29) is 17.2 Å². The molecule has 20 heavy (non-hydrogen) atoms. The summed E-state index contributed by atoms with van der Waals surface area (Å²) in [7, 11) is 1.46. The van der Waals surface area contributed by atoms with Gasteiger partial charge in [-0.3, -0.25) is 4.79 Å². The molecule has 0 amide bonds. The van der Waals surface area contributed by atoms with Gasteiger partial charge in [-0.05, 0) is 29.8 Å². The Kier molecular flexibility index (Phi) is 4.63. The zero-order valence-corrected chi connectivity index (χ0v) is 12.1. The molecule has 2 aromatic rings. The molecule has 0 heterocycles. The summed E-state index contributed by atoms with van der Waals surface area (Å²) in [5.74, 6) is -0.374.